The molecule has 0 bridgehead atoms. The summed E-state index contributed by atoms with van der Waals surface area (Å²) in [6, 6.07) is 9.66. The van der Waals surface area contributed by atoms with Gasteiger partial charge in [-0.15, -0.1) is 0 Å². The van der Waals surface area contributed by atoms with E-state index in [1.165, 1.54) is 0 Å². The molecule has 1 atom stereocenters. The van der Waals surface area contributed by atoms with Gasteiger partial charge in [-0.25, -0.2) is 8.78 Å². The third-order valence-electron chi connectivity index (χ3n) is 2.98. The molecule has 2 aromatic carbocycles. The molecule has 0 saturated heterocycles. The number of halogens is 2. The molecule has 3 nitrogen and oxygen atoms in total. The number of carboxylic acids is 1. The predicted octanol–water partition coefficient (Wildman–Crippen LogP) is 5.21. The average Bonchev–Trinajstić information content (AvgIpc) is 2.55. The summed E-state index contributed by atoms with van der Waals surface area (Å²) in [5.74, 6) is -3.18. The van der Waals surface area contributed by atoms with Crippen LogP contribution in [0.3, 0.4) is 0 Å². The third kappa shape index (κ3) is 6.77. The van der Waals surface area contributed by atoms with E-state index in [0.29, 0.717) is 11.3 Å². The van der Waals surface area contributed by atoms with E-state index in [9.17, 15) is 13.6 Å². The summed E-state index contributed by atoms with van der Waals surface area (Å²) in [4.78, 5) is 11.0. The molecule has 24 heavy (non-hydrogen) atoms. The number of nitrogens with two attached hydrogens (primary N) is 1. The van der Waals surface area contributed by atoms with Gasteiger partial charge in [0.25, 0.3) is 0 Å². The summed E-state index contributed by atoms with van der Waals surface area (Å²) in [6.07, 6.45) is -0.271. The molecule has 0 aliphatic rings. The maximum atomic E-state index is 13.3. The summed E-state index contributed by atoms with van der Waals surface area (Å²) in [5, 5.41) is 9.00. The van der Waals surface area contributed by atoms with E-state index in [4.69, 9.17) is 10.8 Å². The van der Waals surface area contributed by atoms with Gasteiger partial charge in [0, 0.05) is 17.7 Å². The SMILES string of the molecule is CC.CC.Nc1cccc(C(CC(=O)O)c2cc(F)cc(F)c2)c1. The van der Waals surface area contributed by atoms with Gasteiger partial charge in [-0.05, 0) is 35.4 Å². The topological polar surface area (TPSA) is 63.3 Å². The number of carbonyl (C=O) groups is 1. The molecule has 0 radical (unpaired) electrons. The van der Waals surface area contributed by atoms with Crippen molar-refractivity contribution in [2.24, 2.45) is 0 Å². The lowest BCUT2D eigenvalue weighted by molar-refractivity contribution is -0.137. The lowest BCUT2D eigenvalue weighted by Gasteiger charge is -2.16. The molecule has 5 heteroatoms. The van der Waals surface area contributed by atoms with Gasteiger partial charge in [0.2, 0.25) is 0 Å². The van der Waals surface area contributed by atoms with E-state index >= 15 is 0 Å². The highest BCUT2D eigenvalue weighted by Crippen LogP contribution is 2.30. The first-order valence-corrected chi connectivity index (χ1v) is 7.99. The van der Waals surface area contributed by atoms with Crippen LogP contribution in [0, 0.1) is 11.6 Å². The molecule has 0 heterocycles. The average molecular weight is 337 g/mol. The zero-order chi connectivity index (χ0) is 18.7. The second kappa shape index (κ2) is 11.2. The van der Waals surface area contributed by atoms with Crippen LogP contribution < -0.4 is 5.73 Å². The molecule has 0 saturated carbocycles. The molecule has 0 aromatic heterocycles. The predicted molar refractivity (Wildman–Crippen MR) is 94.0 cm³/mol. The van der Waals surface area contributed by atoms with Crippen LogP contribution in [0.15, 0.2) is 42.5 Å². The van der Waals surface area contributed by atoms with Crippen molar-refractivity contribution in [1.29, 1.82) is 0 Å². The van der Waals surface area contributed by atoms with Crippen molar-refractivity contribution in [2.45, 2.75) is 40.0 Å². The second-order valence-electron chi connectivity index (χ2n) is 4.52. The van der Waals surface area contributed by atoms with Crippen LogP contribution in [-0.2, 0) is 4.79 Å². The van der Waals surface area contributed by atoms with Crippen LogP contribution in [-0.4, -0.2) is 11.1 Å². The van der Waals surface area contributed by atoms with Gasteiger partial charge in [0.05, 0.1) is 6.42 Å². The Labute approximate surface area is 142 Å². The minimum absolute atomic E-state index is 0.271. The summed E-state index contributed by atoms with van der Waals surface area (Å²) < 4.78 is 26.6. The van der Waals surface area contributed by atoms with E-state index in [2.05, 4.69) is 0 Å². The maximum absolute atomic E-state index is 13.3. The summed E-state index contributed by atoms with van der Waals surface area (Å²) >= 11 is 0. The molecule has 2 rings (SSSR count). The van der Waals surface area contributed by atoms with Crippen molar-refractivity contribution in [3.63, 3.8) is 0 Å². The van der Waals surface area contributed by atoms with Crippen molar-refractivity contribution < 1.29 is 18.7 Å². The van der Waals surface area contributed by atoms with Crippen LogP contribution >= 0.6 is 0 Å². The van der Waals surface area contributed by atoms with Crippen molar-refractivity contribution in [2.75, 3.05) is 5.73 Å². The van der Waals surface area contributed by atoms with Crippen LogP contribution in [0.5, 0.6) is 0 Å². The third-order valence-corrected chi connectivity index (χ3v) is 2.98. The van der Waals surface area contributed by atoms with Crippen LogP contribution in [0.2, 0.25) is 0 Å². The van der Waals surface area contributed by atoms with E-state index in [1.807, 2.05) is 27.7 Å². The summed E-state index contributed by atoms with van der Waals surface area (Å²) in [6.45, 7) is 8.00. The Kier molecular flexibility index (Phi) is 10.0. The molecule has 2 aromatic rings. The van der Waals surface area contributed by atoms with Crippen LogP contribution in [0.4, 0.5) is 14.5 Å². The monoisotopic (exact) mass is 337 g/mol. The summed E-state index contributed by atoms with van der Waals surface area (Å²) in [5.41, 5.74) is 7.02. The first-order valence-electron chi connectivity index (χ1n) is 7.99. The molecule has 0 aliphatic heterocycles. The Morgan fingerprint density at radius 2 is 1.54 bits per heavy atom. The Morgan fingerprint density at radius 3 is 2.00 bits per heavy atom. The number of hydrogen-bond donors (Lipinski definition) is 2. The van der Waals surface area contributed by atoms with Gasteiger partial charge >= 0.3 is 5.97 Å². The number of nitrogen functional groups attached to an aromatic ring is 1. The zero-order valence-corrected chi connectivity index (χ0v) is 14.5. The highest BCUT2D eigenvalue weighted by Gasteiger charge is 2.19. The minimum atomic E-state index is -1.05. The number of benzene rings is 2. The van der Waals surface area contributed by atoms with E-state index in [0.717, 1.165) is 18.2 Å². The second-order valence-corrected chi connectivity index (χ2v) is 4.52. The van der Waals surface area contributed by atoms with Gasteiger partial charge in [0.15, 0.2) is 0 Å². The van der Waals surface area contributed by atoms with Gasteiger partial charge in [0.1, 0.15) is 11.6 Å². The van der Waals surface area contributed by atoms with Crippen molar-refractivity contribution in [3.05, 3.63) is 65.2 Å². The fourth-order valence-electron chi connectivity index (χ4n) is 2.15. The Balaban J connectivity index is 0.00000123. The van der Waals surface area contributed by atoms with Crippen molar-refractivity contribution in [3.8, 4) is 0 Å². The molecule has 0 fully saturated rings. The molecule has 132 valence electrons. The molecule has 0 aliphatic carbocycles. The Hall–Kier alpha value is -2.43. The fourth-order valence-corrected chi connectivity index (χ4v) is 2.15. The maximum Gasteiger partial charge on any atom is 0.304 e. The molecule has 3 N–H and O–H groups in total. The van der Waals surface area contributed by atoms with Crippen LogP contribution in [0.1, 0.15) is 51.2 Å². The molecular formula is C19H25F2NO2. The Morgan fingerprint density at radius 1 is 1.00 bits per heavy atom. The first-order chi connectivity index (χ1) is 11.5. The fraction of sp³-hybridized carbons (Fsp3) is 0.316. The van der Waals surface area contributed by atoms with E-state index < -0.39 is 23.5 Å². The largest absolute Gasteiger partial charge is 0.481 e. The van der Waals surface area contributed by atoms with Crippen LogP contribution in [0.25, 0.3) is 0 Å². The normalized spacial score (nSPS) is 10.6. The minimum Gasteiger partial charge on any atom is -0.481 e. The number of hydrogen-bond acceptors (Lipinski definition) is 2. The van der Waals surface area contributed by atoms with Gasteiger partial charge in [-0.3, -0.25) is 4.79 Å². The number of anilines is 1. The lowest BCUT2D eigenvalue weighted by Crippen LogP contribution is -2.09. The number of carboxylic acid groups (broad SMARTS) is 1. The zero-order valence-electron chi connectivity index (χ0n) is 14.5. The van der Waals surface area contributed by atoms with E-state index in [-0.39, 0.29) is 12.0 Å². The van der Waals surface area contributed by atoms with Crippen molar-refractivity contribution >= 4 is 11.7 Å². The smallest absolute Gasteiger partial charge is 0.304 e. The highest BCUT2D eigenvalue weighted by atomic mass is 19.1. The summed E-state index contributed by atoms with van der Waals surface area (Å²) in [7, 11) is 0. The Bertz CT molecular complexity index is 625. The highest BCUT2D eigenvalue weighted by molar-refractivity contribution is 5.69. The van der Waals surface area contributed by atoms with Gasteiger partial charge in [-0.1, -0.05) is 39.8 Å². The molecule has 0 amide bonds. The van der Waals surface area contributed by atoms with E-state index in [1.54, 1.807) is 24.3 Å². The van der Waals surface area contributed by atoms with Gasteiger partial charge < -0.3 is 10.8 Å². The number of aliphatic carboxylic acids is 1. The molecular weight excluding hydrogens is 312 g/mol. The first kappa shape index (κ1) is 21.6. The standard InChI is InChI=1S/C15H13F2NO2.2C2H6/c16-11-4-10(5-12(17)7-11)14(8-15(19)20)9-2-1-3-13(18)6-9;2*1-2/h1-7,14H,8,18H2,(H,19,20);2*1-2H3. The van der Waals surface area contributed by atoms with Crippen molar-refractivity contribution in [1.82, 2.24) is 0 Å². The lowest BCUT2D eigenvalue weighted by atomic mass is 9.88. The number of rotatable bonds is 4. The van der Waals surface area contributed by atoms with Gasteiger partial charge in [-0.2, -0.15) is 0 Å². The molecule has 0 spiro atoms. The molecule has 1 unspecified atom stereocenters. The quantitative estimate of drug-likeness (QED) is 0.753.